The maximum atomic E-state index is 11.6. The first-order chi connectivity index (χ1) is 7.24. The molecule has 4 nitrogen and oxygen atoms in total. The number of ether oxygens (including phenoxy) is 2. The Kier molecular flexibility index (Phi) is 5.65. The zero-order valence-electron chi connectivity index (χ0n) is 9.41. The van der Waals surface area contributed by atoms with Gasteiger partial charge in [0.25, 0.3) is 0 Å². The molecule has 1 aliphatic rings. The van der Waals surface area contributed by atoms with Crippen molar-refractivity contribution in [1.29, 1.82) is 0 Å². The molecule has 0 aromatic rings. The number of methoxy groups -OCH3 is 1. The van der Waals surface area contributed by atoms with Crippen molar-refractivity contribution in [2.75, 3.05) is 20.3 Å². The maximum absolute atomic E-state index is 11.6. The Morgan fingerprint density at radius 2 is 2.20 bits per heavy atom. The molecule has 0 aromatic carbocycles. The highest BCUT2D eigenvalue weighted by molar-refractivity contribution is 5.72. The average Bonchev–Trinajstić information content (AvgIpc) is 2.24. The molecule has 0 heterocycles. The highest BCUT2D eigenvalue weighted by Crippen LogP contribution is 2.24. The van der Waals surface area contributed by atoms with Gasteiger partial charge in [0.2, 0.25) is 0 Å². The second kappa shape index (κ2) is 6.80. The molecule has 0 saturated heterocycles. The van der Waals surface area contributed by atoms with E-state index in [1.807, 2.05) is 0 Å². The molecule has 15 heavy (non-hydrogen) atoms. The van der Waals surface area contributed by atoms with Crippen LogP contribution in [0.1, 0.15) is 32.1 Å². The van der Waals surface area contributed by atoms with E-state index >= 15 is 0 Å². The molecule has 2 atom stereocenters. The third-order valence-electron chi connectivity index (χ3n) is 2.79. The van der Waals surface area contributed by atoms with Gasteiger partial charge in [0, 0.05) is 26.2 Å². The number of hydrogen-bond acceptors (Lipinski definition) is 4. The van der Waals surface area contributed by atoms with Gasteiger partial charge in [-0.25, -0.2) is 0 Å². The summed E-state index contributed by atoms with van der Waals surface area (Å²) in [5.74, 6) is -0.0578. The third kappa shape index (κ3) is 4.62. The van der Waals surface area contributed by atoms with Gasteiger partial charge in [-0.05, 0) is 19.3 Å². The minimum absolute atomic E-state index is 0.0243. The topological polar surface area (TPSA) is 61.5 Å². The number of esters is 1. The summed E-state index contributed by atoms with van der Waals surface area (Å²) >= 11 is 0. The Morgan fingerprint density at radius 1 is 1.40 bits per heavy atom. The second-order valence-corrected chi connectivity index (χ2v) is 4.14. The Morgan fingerprint density at radius 3 is 2.87 bits per heavy atom. The largest absolute Gasteiger partial charge is 0.465 e. The normalized spacial score (nSPS) is 26.3. The zero-order valence-corrected chi connectivity index (χ0v) is 9.41. The zero-order chi connectivity index (χ0) is 11.1. The summed E-state index contributed by atoms with van der Waals surface area (Å²) in [5.41, 5.74) is 5.81. The van der Waals surface area contributed by atoms with Gasteiger partial charge >= 0.3 is 5.97 Å². The number of carbonyl (C=O) groups is 1. The fraction of sp³-hybridized carbons (Fsp3) is 0.909. The first-order valence-electron chi connectivity index (χ1n) is 5.65. The van der Waals surface area contributed by atoms with E-state index in [0.29, 0.717) is 13.2 Å². The Hall–Kier alpha value is -0.610. The molecular weight excluding hydrogens is 194 g/mol. The molecule has 1 fully saturated rings. The van der Waals surface area contributed by atoms with Crippen LogP contribution in [0.15, 0.2) is 0 Å². The lowest BCUT2D eigenvalue weighted by atomic mass is 9.86. The van der Waals surface area contributed by atoms with Crippen molar-refractivity contribution in [3.05, 3.63) is 0 Å². The number of rotatable bonds is 5. The van der Waals surface area contributed by atoms with E-state index in [4.69, 9.17) is 15.2 Å². The Balaban J connectivity index is 2.15. The molecule has 1 aliphatic carbocycles. The quantitative estimate of drug-likeness (QED) is 0.550. The van der Waals surface area contributed by atoms with Crippen LogP contribution >= 0.6 is 0 Å². The van der Waals surface area contributed by atoms with E-state index in [2.05, 4.69) is 0 Å². The van der Waals surface area contributed by atoms with Crippen LogP contribution in [0.4, 0.5) is 0 Å². The predicted octanol–water partition coefficient (Wildman–Crippen LogP) is 1.08. The van der Waals surface area contributed by atoms with Gasteiger partial charge in [-0.2, -0.15) is 0 Å². The summed E-state index contributed by atoms with van der Waals surface area (Å²) in [7, 11) is 1.64. The smallest absolute Gasteiger partial charge is 0.308 e. The van der Waals surface area contributed by atoms with Crippen molar-refractivity contribution in [1.82, 2.24) is 0 Å². The van der Waals surface area contributed by atoms with Crippen LogP contribution in [-0.2, 0) is 14.3 Å². The molecule has 0 aromatic heterocycles. The summed E-state index contributed by atoms with van der Waals surface area (Å²) in [6.07, 6.45) is 4.55. The molecule has 0 bridgehead atoms. The molecule has 0 aliphatic heterocycles. The van der Waals surface area contributed by atoms with Gasteiger partial charge < -0.3 is 15.2 Å². The minimum Gasteiger partial charge on any atom is -0.465 e. The standard InChI is InChI=1S/C11H21NO3/c1-14-6-3-7-15-11(13)9-4-2-5-10(12)8-9/h9-10H,2-8,12H2,1H3. The maximum Gasteiger partial charge on any atom is 0.308 e. The van der Waals surface area contributed by atoms with Crippen LogP contribution < -0.4 is 5.73 Å². The summed E-state index contributed by atoms with van der Waals surface area (Å²) in [6.45, 7) is 1.09. The molecule has 2 unspecified atom stereocenters. The lowest BCUT2D eigenvalue weighted by Gasteiger charge is -2.24. The number of hydrogen-bond donors (Lipinski definition) is 1. The van der Waals surface area contributed by atoms with E-state index in [9.17, 15) is 4.79 Å². The lowest BCUT2D eigenvalue weighted by molar-refractivity contribution is -0.150. The molecule has 0 spiro atoms. The van der Waals surface area contributed by atoms with E-state index in [1.165, 1.54) is 0 Å². The minimum atomic E-state index is -0.0822. The van der Waals surface area contributed by atoms with Gasteiger partial charge in [0.1, 0.15) is 0 Å². The van der Waals surface area contributed by atoms with Crippen molar-refractivity contribution < 1.29 is 14.3 Å². The molecule has 2 N–H and O–H groups in total. The lowest BCUT2D eigenvalue weighted by Crippen LogP contribution is -2.32. The monoisotopic (exact) mass is 215 g/mol. The number of nitrogens with two attached hydrogens (primary N) is 1. The van der Waals surface area contributed by atoms with E-state index in [0.717, 1.165) is 32.1 Å². The van der Waals surface area contributed by atoms with Gasteiger partial charge in [-0.15, -0.1) is 0 Å². The predicted molar refractivity (Wildman–Crippen MR) is 57.4 cm³/mol. The van der Waals surface area contributed by atoms with E-state index in [1.54, 1.807) is 7.11 Å². The summed E-state index contributed by atoms with van der Waals surface area (Å²) in [5, 5.41) is 0. The molecule has 88 valence electrons. The van der Waals surface area contributed by atoms with Crippen LogP contribution in [0.3, 0.4) is 0 Å². The summed E-state index contributed by atoms with van der Waals surface area (Å²) < 4.78 is 10.0. The van der Waals surface area contributed by atoms with E-state index in [-0.39, 0.29) is 17.9 Å². The third-order valence-corrected chi connectivity index (χ3v) is 2.79. The summed E-state index contributed by atoms with van der Waals surface area (Å²) in [6, 6.07) is 0.176. The first kappa shape index (κ1) is 12.5. The van der Waals surface area contributed by atoms with E-state index < -0.39 is 0 Å². The SMILES string of the molecule is COCCCOC(=O)C1CCCC(N)C1. The van der Waals surface area contributed by atoms with Crippen molar-refractivity contribution in [2.24, 2.45) is 11.7 Å². The molecule has 4 heteroatoms. The highest BCUT2D eigenvalue weighted by Gasteiger charge is 2.26. The summed E-state index contributed by atoms with van der Waals surface area (Å²) in [4.78, 5) is 11.6. The molecule has 1 rings (SSSR count). The first-order valence-corrected chi connectivity index (χ1v) is 5.65. The van der Waals surface area contributed by atoms with Crippen molar-refractivity contribution in [3.63, 3.8) is 0 Å². The van der Waals surface area contributed by atoms with Gasteiger partial charge in [0.15, 0.2) is 0 Å². The Labute approximate surface area is 91.1 Å². The average molecular weight is 215 g/mol. The van der Waals surface area contributed by atoms with Crippen LogP contribution in [0.5, 0.6) is 0 Å². The van der Waals surface area contributed by atoms with Gasteiger partial charge in [-0.1, -0.05) is 6.42 Å². The molecular formula is C11H21NO3. The van der Waals surface area contributed by atoms with Crippen LogP contribution in [0.2, 0.25) is 0 Å². The molecule has 0 amide bonds. The van der Waals surface area contributed by atoms with Crippen LogP contribution in [0.25, 0.3) is 0 Å². The fourth-order valence-electron chi connectivity index (χ4n) is 1.94. The number of carbonyl (C=O) groups excluding carboxylic acids is 1. The van der Waals surface area contributed by atoms with Crippen LogP contribution in [0, 0.1) is 5.92 Å². The van der Waals surface area contributed by atoms with Crippen molar-refractivity contribution in [3.8, 4) is 0 Å². The molecule has 0 radical (unpaired) electrons. The van der Waals surface area contributed by atoms with Crippen LogP contribution in [-0.4, -0.2) is 32.3 Å². The second-order valence-electron chi connectivity index (χ2n) is 4.14. The van der Waals surface area contributed by atoms with Gasteiger partial charge in [-0.3, -0.25) is 4.79 Å². The van der Waals surface area contributed by atoms with Crippen molar-refractivity contribution in [2.45, 2.75) is 38.1 Å². The fourth-order valence-corrected chi connectivity index (χ4v) is 1.94. The Bertz CT molecular complexity index is 196. The highest BCUT2D eigenvalue weighted by atomic mass is 16.5. The molecule has 1 saturated carbocycles. The van der Waals surface area contributed by atoms with Crippen molar-refractivity contribution >= 4 is 5.97 Å². The van der Waals surface area contributed by atoms with Gasteiger partial charge in [0.05, 0.1) is 12.5 Å².